The maximum Gasteiger partial charge on any atom is 0.223 e. The maximum absolute atomic E-state index is 7.58. The fourth-order valence-electron chi connectivity index (χ4n) is 1.92. The Hall–Kier alpha value is -1.89. The third-order valence-electron chi connectivity index (χ3n) is 2.85. The SMILES string of the molecule is Cc1ncsc1CCOc1c(C(=N)N)c(C)nn1C. The van der Waals surface area contributed by atoms with Gasteiger partial charge in [-0.25, -0.2) is 9.67 Å². The minimum Gasteiger partial charge on any atom is -0.477 e. The Bertz CT molecular complexity index is 601. The fourth-order valence-corrected chi connectivity index (χ4v) is 2.68. The van der Waals surface area contributed by atoms with E-state index in [0.29, 0.717) is 23.7 Å². The largest absolute Gasteiger partial charge is 0.477 e. The van der Waals surface area contributed by atoms with Crippen LogP contribution >= 0.6 is 11.3 Å². The van der Waals surface area contributed by atoms with Crippen molar-refractivity contribution < 1.29 is 4.74 Å². The van der Waals surface area contributed by atoms with E-state index in [1.807, 2.05) is 19.4 Å². The molecule has 2 aromatic rings. The molecule has 2 rings (SSSR count). The van der Waals surface area contributed by atoms with Crippen molar-refractivity contribution in [2.45, 2.75) is 20.3 Å². The fraction of sp³-hybridized carbons (Fsp3) is 0.417. The third-order valence-corrected chi connectivity index (χ3v) is 3.85. The summed E-state index contributed by atoms with van der Waals surface area (Å²) in [7, 11) is 1.78. The van der Waals surface area contributed by atoms with E-state index in [0.717, 1.165) is 12.1 Å². The van der Waals surface area contributed by atoms with E-state index in [4.69, 9.17) is 15.9 Å². The van der Waals surface area contributed by atoms with Crippen LogP contribution in [-0.2, 0) is 13.5 Å². The molecule has 0 aliphatic rings. The highest BCUT2D eigenvalue weighted by Gasteiger charge is 2.17. The van der Waals surface area contributed by atoms with Crippen molar-refractivity contribution in [2.75, 3.05) is 6.61 Å². The molecular weight excluding hydrogens is 262 g/mol. The van der Waals surface area contributed by atoms with Gasteiger partial charge in [-0.05, 0) is 13.8 Å². The van der Waals surface area contributed by atoms with E-state index in [1.54, 1.807) is 23.1 Å². The Labute approximate surface area is 115 Å². The van der Waals surface area contributed by atoms with E-state index in [-0.39, 0.29) is 5.84 Å². The molecular formula is C12H17N5OS. The van der Waals surface area contributed by atoms with Crippen LogP contribution in [0.2, 0.25) is 0 Å². The maximum atomic E-state index is 7.58. The summed E-state index contributed by atoms with van der Waals surface area (Å²) in [6.07, 6.45) is 0.790. The molecule has 0 aliphatic carbocycles. The number of amidine groups is 1. The molecule has 2 aromatic heterocycles. The Kier molecular flexibility index (Phi) is 3.84. The van der Waals surface area contributed by atoms with Gasteiger partial charge in [0.2, 0.25) is 5.88 Å². The zero-order chi connectivity index (χ0) is 14.0. The highest BCUT2D eigenvalue weighted by molar-refractivity contribution is 7.09. The van der Waals surface area contributed by atoms with Gasteiger partial charge in [0.15, 0.2) is 0 Å². The van der Waals surface area contributed by atoms with Gasteiger partial charge in [-0.1, -0.05) is 0 Å². The molecule has 0 amide bonds. The minimum atomic E-state index is -0.0189. The quantitative estimate of drug-likeness (QED) is 0.639. The third kappa shape index (κ3) is 2.76. The van der Waals surface area contributed by atoms with Crippen LogP contribution in [0.4, 0.5) is 0 Å². The molecule has 2 heterocycles. The molecule has 102 valence electrons. The molecule has 0 radical (unpaired) electrons. The molecule has 0 atom stereocenters. The Morgan fingerprint density at radius 3 is 2.79 bits per heavy atom. The standard InChI is InChI=1S/C12H17N5OS/c1-7-9(19-6-15-7)4-5-18-12-10(11(13)14)8(2)16-17(12)3/h6H,4-5H2,1-3H3,(H3,13,14). The van der Waals surface area contributed by atoms with Gasteiger partial charge in [0.1, 0.15) is 11.4 Å². The van der Waals surface area contributed by atoms with Crippen molar-refractivity contribution in [1.29, 1.82) is 5.41 Å². The van der Waals surface area contributed by atoms with Gasteiger partial charge in [0, 0.05) is 18.3 Å². The number of nitrogens with two attached hydrogens (primary N) is 1. The lowest BCUT2D eigenvalue weighted by atomic mass is 10.2. The number of nitrogen functional groups attached to an aromatic ring is 1. The van der Waals surface area contributed by atoms with Gasteiger partial charge in [0.25, 0.3) is 0 Å². The number of aryl methyl sites for hydroxylation is 3. The second-order valence-corrected chi connectivity index (χ2v) is 5.20. The van der Waals surface area contributed by atoms with Crippen molar-refractivity contribution in [3.05, 3.63) is 27.3 Å². The average molecular weight is 279 g/mol. The molecule has 6 nitrogen and oxygen atoms in total. The highest BCUT2D eigenvalue weighted by atomic mass is 32.1. The average Bonchev–Trinajstić information content (AvgIpc) is 2.84. The van der Waals surface area contributed by atoms with E-state index in [9.17, 15) is 0 Å². The Morgan fingerprint density at radius 1 is 1.47 bits per heavy atom. The van der Waals surface area contributed by atoms with Gasteiger partial charge in [0.05, 0.1) is 23.5 Å². The van der Waals surface area contributed by atoms with Gasteiger partial charge < -0.3 is 10.5 Å². The number of thiazole rings is 1. The van der Waals surface area contributed by atoms with Crippen molar-refractivity contribution in [3.8, 4) is 5.88 Å². The first kappa shape index (κ1) is 13.5. The number of ether oxygens (including phenoxy) is 1. The summed E-state index contributed by atoms with van der Waals surface area (Å²) in [5.41, 5.74) is 9.72. The molecule has 0 spiro atoms. The summed E-state index contributed by atoms with van der Waals surface area (Å²) in [4.78, 5) is 5.41. The van der Waals surface area contributed by atoms with Crippen LogP contribution in [0.15, 0.2) is 5.51 Å². The molecule has 3 N–H and O–H groups in total. The first-order chi connectivity index (χ1) is 9.00. The van der Waals surface area contributed by atoms with Crippen molar-refractivity contribution in [3.63, 3.8) is 0 Å². The van der Waals surface area contributed by atoms with Gasteiger partial charge in [-0.15, -0.1) is 11.3 Å². The molecule has 0 aromatic carbocycles. The van der Waals surface area contributed by atoms with Crippen molar-refractivity contribution >= 4 is 17.2 Å². The van der Waals surface area contributed by atoms with Gasteiger partial charge in [-0.2, -0.15) is 5.10 Å². The van der Waals surface area contributed by atoms with Crippen LogP contribution in [0.5, 0.6) is 5.88 Å². The van der Waals surface area contributed by atoms with Gasteiger partial charge in [-0.3, -0.25) is 5.41 Å². The topological polar surface area (TPSA) is 89.8 Å². The van der Waals surface area contributed by atoms with Crippen LogP contribution in [0.25, 0.3) is 0 Å². The smallest absolute Gasteiger partial charge is 0.223 e. The number of nitrogens with zero attached hydrogens (tertiary/aromatic N) is 3. The lowest BCUT2D eigenvalue weighted by molar-refractivity contribution is 0.294. The highest BCUT2D eigenvalue weighted by Crippen LogP contribution is 2.21. The first-order valence-corrected chi connectivity index (χ1v) is 6.78. The molecule has 0 bridgehead atoms. The first-order valence-electron chi connectivity index (χ1n) is 5.90. The molecule has 0 saturated carbocycles. The summed E-state index contributed by atoms with van der Waals surface area (Å²) in [6, 6.07) is 0. The van der Waals surface area contributed by atoms with Crippen LogP contribution in [0.1, 0.15) is 21.8 Å². The second-order valence-electron chi connectivity index (χ2n) is 4.26. The number of hydrogen-bond acceptors (Lipinski definition) is 5. The normalized spacial score (nSPS) is 10.7. The number of hydrogen-bond donors (Lipinski definition) is 2. The molecule has 0 saturated heterocycles. The predicted molar refractivity (Wildman–Crippen MR) is 75.0 cm³/mol. The van der Waals surface area contributed by atoms with Crippen LogP contribution < -0.4 is 10.5 Å². The summed E-state index contributed by atoms with van der Waals surface area (Å²) in [6.45, 7) is 4.32. The van der Waals surface area contributed by atoms with E-state index >= 15 is 0 Å². The number of nitrogens with one attached hydrogen (secondary N) is 1. The molecule has 0 aliphatic heterocycles. The lowest BCUT2D eigenvalue weighted by Gasteiger charge is -2.08. The molecule has 19 heavy (non-hydrogen) atoms. The molecule has 0 unspecified atom stereocenters. The van der Waals surface area contributed by atoms with E-state index in [2.05, 4.69) is 10.1 Å². The summed E-state index contributed by atoms with van der Waals surface area (Å²) in [5, 5.41) is 11.8. The van der Waals surface area contributed by atoms with Gasteiger partial charge >= 0.3 is 0 Å². The predicted octanol–water partition coefficient (Wildman–Crippen LogP) is 1.40. The van der Waals surface area contributed by atoms with Crippen LogP contribution in [-0.4, -0.2) is 27.2 Å². The Balaban J connectivity index is 2.08. The minimum absolute atomic E-state index is 0.0189. The number of rotatable bonds is 5. The molecule has 7 heteroatoms. The van der Waals surface area contributed by atoms with Crippen molar-refractivity contribution in [1.82, 2.24) is 14.8 Å². The van der Waals surface area contributed by atoms with Crippen LogP contribution in [0, 0.1) is 19.3 Å². The van der Waals surface area contributed by atoms with E-state index < -0.39 is 0 Å². The lowest BCUT2D eigenvalue weighted by Crippen LogP contribution is -2.15. The van der Waals surface area contributed by atoms with E-state index in [1.165, 1.54) is 4.88 Å². The summed E-state index contributed by atoms with van der Waals surface area (Å²) in [5.74, 6) is 0.529. The molecule has 0 fully saturated rings. The number of aromatic nitrogens is 3. The van der Waals surface area contributed by atoms with Crippen molar-refractivity contribution in [2.24, 2.45) is 12.8 Å². The van der Waals surface area contributed by atoms with Crippen LogP contribution in [0.3, 0.4) is 0 Å². The summed E-state index contributed by atoms with van der Waals surface area (Å²) >= 11 is 1.62. The second kappa shape index (κ2) is 5.40. The zero-order valence-corrected chi connectivity index (χ0v) is 12.0. The zero-order valence-electron chi connectivity index (χ0n) is 11.2. The monoisotopic (exact) mass is 279 g/mol. The Morgan fingerprint density at radius 2 is 2.21 bits per heavy atom. The summed E-state index contributed by atoms with van der Waals surface area (Å²) < 4.78 is 7.35.